The molecule has 0 aliphatic heterocycles. The summed E-state index contributed by atoms with van der Waals surface area (Å²) in [7, 11) is 0. The number of hydrogen-bond acceptors (Lipinski definition) is 4. The Morgan fingerprint density at radius 2 is 2.21 bits per heavy atom. The van der Waals surface area contributed by atoms with Crippen molar-refractivity contribution < 1.29 is 14.8 Å². The van der Waals surface area contributed by atoms with E-state index < -0.39 is 4.92 Å². The van der Waals surface area contributed by atoms with Crippen molar-refractivity contribution in [1.29, 1.82) is 0 Å². The Morgan fingerprint density at radius 3 is 2.79 bits per heavy atom. The molecule has 102 valence electrons. The zero-order chi connectivity index (χ0) is 14.3. The van der Waals surface area contributed by atoms with Crippen molar-refractivity contribution in [1.82, 2.24) is 5.32 Å². The molecule has 0 fully saturated rings. The van der Waals surface area contributed by atoms with E-state index in [0.717, 1.165) is 0 Å². The van der Waals surface area contributed by atoms with Gasteiger partial charge in [-0.25, -0.2) is 0 Å². The van der Waals surface area contributed by atoms with Crippen molar-refractivity contribution in [2.75, 3.05) is 6.61 Å². The molecule has 0 heterocycles. The van der Waals surface area contributed by atoms with Crippen LogP contribution in [-0.2, 0) is 4.79 Å². The van der Waals surface area contributed by atoms with Crippen molar-refractivity contribution in [3.8, 4) is 0 Å². The fourth-order valence-electron chi connectivity index (χ4n) is 1.49. The van der Waals surface area contributed by atoms with E-state index in [1.807, 2.05) is 6.92 Å². The van der Waals surface area contributed by atoms with Crippen LogP contribution in [0.4, 0.5) is 5.69 Å². The molecule has 0 spiro atoms. The summed E-state index contributed by atoms with van der Waals surface area (Å²) in [5, 5.41) is 22.3. The van der Waals surface area contributed by atoms with Crippen LogP contribution in [0.2, 0.25) is 0 Å². The molecule has 0 aliphatic rings. The van der Waals surface area contributed by atoms with E-state index in [0.29, 0.717) is 12.0 Å². The van der Waals surface area contributed by atoms with E-state index in [2.05, 4.69) is 5.32 Å². The van der Waals surface area contributed by atoms with Gasteiger partial charge in [0.2, 0.25) is 5.91 Å². The first-order chi connectivity index (χ1) is 9.08. The summed E-state index contributed by atoms with van der Waals surface area (Å²) in [6.45, 7) is 1.70. The van der Waals surface area contributed by atoms with E-state index >= 15 is 0 Å². The molecule has 1 atom stereocenters. The number of nitrogens with zero attached hydrogens (tertiary/aromatic N) is 1. The van der Waals surface area contributed by atoms with Crippen LogP contribution in [0.3, 0.4) is 0 Å². The van der Waals surface area contributed by atoms with Crippen molar-refractivity contribution >= 4 is 17.7 Å². The second kappa shape index (κ2) is 7.27. The third-order valence-corrected chi connectivity index (χ3v) is 2.61. The van der Waals surface area contributed by atoms with Crippen LogP contribution in [-0.4, -0.2) is 28.6 Å². The first-order valence-corrected chi connectivity index (χ1v) is 5.91. The van der Waals surface area contributed by atoms with Crippen LogP contribution in [0, 0.1) is 10.1 Å². The number of aliphatic hydroxyl groups is 1. The fraction of sp³-hybridized carbons (Fsp3) is 0.308. The Morgan fingerprint density at radius 1 is 1.53 bits per heavy atom. The molecule has 0 aromatic heterocycles. The number of amides is 1. The zero-order valence-electron chi connectivity index (χ0n) is 10.6. The molecule has 0 saturated heterocycles. The predicted molar refractivity (Wildman–Crippen MR) is 71.4 cm³/mol. The maximum atomic E-state index is 11.5. The normalized spacial score (nSPS) is 12.3. The summed E-state index contributed by atoms with van der Waals surface area (Å²) in [6, 6.07) is 5.86. The average Bonchev–Trinajstić information content (AvgIpc) is 2.42. The number of nitrogens with one attached hydrogen (secondary N) is 1. The van der Waals surface area contributed by atoms with Gasteiger partial charge in [-0.2, -0.15) is 0 Å². The third-order valence-electron chi connectivity index (χ3n) is 2.61. The number of aliphatic hydroxyl groups excluding tert-OH is 1. The van der Waals surface area contributed by atoms with E-state index in [9.17, 15) is 14.9 Å². The van der Waals surface area contributed by atoms with Gasteiger partial charge in [0.25, 0.3) is 5.69 Å². The van der Waals surface area contributed by atoms with E-state index in [1.165, 1.54) is 18.2 Å². The Bertz CT molecular complexity index is 481. The predicted octanol–water partition coefficient (Wildman–Crippen LogP) is 1.50. The van der Waals surface area contributed by atoms with E-state index in [4.69, 9.17) is 5.11 Å². The maximum Gasteiger partial charge on any atom is 0.276 e. The lowest BCUT2D eigenvalue weighted by Gasteiger charge is -2.11. The standard InChI is InChI=1S/C13H16N2O4/c1-2-11(9-16)14-13(17)8-7-10-5-3-4-6-12(10)15(18)19/h3-8,11,16H,2,9H2,1H3,(H,14,17)/b8-7+. The summed E-state index contributed by atoms with van der Waals surface area (Å²) in [4.78, 5) is 21.8. The highest BCUT2D eigenvalue weighted by molar-refractivity contribution is 5.92. The van der Waals surface area contributed by atoms with Crippen LogP contribution in [0.5, 0.6) is 0 Å². The lowest BCUT2D eigenvalue weighted by atomic mass is 10.1. The number of para-hydroxylation sites is 1. The second-order valence-electron chi connectivity index (χ2n) is 3.95. The quantitative estimate of drug-likeness (QED) is 0.462. The number of benzene rings is 1. The topological polar surface area (TPSA) is 92.5 Å². The van der Waals surface area contributed by atoms with Crippen LogP contribution < -0.4 is 5.32 Å². The molecule has 1 unspecified atom stereocenters. The van der Waals surface area contributed by atoms with Gasteiger partial charge in [-0.1, -0.05) is 19.1 Å². The molecule has 1 aromatic carbocycles. The number of carbonyl (C=O) groups excluding carboxylic acids is 1. The summed E-state index contributed by atoms with van der Waals surface area (Å²) < 4.78 is 0. The summed E-state index contributed by atoms with van der Waals surface area (Å²) in [5.41, 5.74) is 0.306. The van der Waals surface area contributed by atoms with Gasteiger partial charge in [-0.05, 0) is 18.6 Å². The summed E-state index contributed by atoms with van der Waals surface area (Å²) in [6.07, 6.45) is 3.22. The monoisotopic (exact) mass is 264 g/mol. The Labute approximate surface area is 110 Å². The van der Waals surface area contributed by atoms with Gasteiger partial charge >= 0.3 is 0 Å². The Balaban J connectivity index is 2.76. The summed E-state index contributed by atoms with van der Waals surface area (Å²) in [5.74, 6) is -0.390. The molecule has 0 saturated carbocycles. The van der Waals surface area contributed by atoms with Gasteiger partial charge in [0.05, 0.1) is 23.1 Å². The Hall–Kier alpha value is -2.21. The number of nitro groups is 1. The minimum atomic E-state index is -0.500. The zero-order valence-corrected chi connectivity index (χ0v) is 10.6. The highest BCUT2D eigenvalue weighted by atomic mass is 16.6. The van der Waals surface area contributed by atoms with Gasteiger partial charge in [0.15, 0.2) is 0 Å². The highest BCUT2D eigenvalue weighted by Gasteiger charge is 2.10. The van der Waals surface area contributed by atoms with Crippen molar-refractivity contribution in [3.63, 3.8) is 0 Å². The smallest absolute Gasteiger partial charge is 0.276 e. The van der Waals surface area contributed by atoms with Crippen LogP contribution in [0.15, 0.2) is 30.3 Å². The molecule has 1 aromatic rings. The SMILES string of the molecule is CCC(CO)NC(=O)/C=C/c1ccccc1[N+](=O)[O-]. The average molecular weight is 264 g/mol. The van der Waals surface area contributed by atoms with Gasteiger partial charge in [0, 0.05) is 12.1 Å². The van der Waals surface area contributed by atoms with Gasteiger partial charge in [-0.3, -0.25) is 14.9 Å². The molecule has 6 heteroatoms. The fourth-order valence-corrected chi connectivity index (χ4v) is 1.49. The number of hydrogen-bond donors (Lipinski definition) is 2. The second-order valence-corrected chi connectivity index (χ2v) is 3.95. The first kappa shape index (κ1) is 14.8. The van der Waals surface area contributed by atoms with Crippen molar-refractivity contribution in [2.24, 2.45) is 0 Å². The van der Waals surface area contributed by atoms with Crippen LogP contribution in [0.25, 0.3) is 6.08 Å². The van der Waals surface area contributed by atoms with Gasteiger partial charge in [0.1, 0.15) is 0 Å². The molecular weight excluding hydrogens is 248 g/mol. The Kier molecular flexibility index (Phi) is 5.69. The third kappa shape index (κ3) is 4.51. The molecule has 6 nitrogen and oxygen atoms in total. The summed E-state index contributed by atoms with van der Waals surface area (Å²) >= 11 is 0. The molecule has 19 heavy (non-hydrogen) atoms. The number of carbonyl (C=O) groups is 1. The number of nitro benzene ring substituents is 1. The first-order valence-electron chi connectivity index (χ1n) is 5.91. The van der Waals surface area contributed by atoms with E-state index in [1.54, 1.807) is 18.2 Å². The molecule has 0 aliphatic carbocycles. The largest absolute Gasteiger partial charge is 0.394 e. The van der Waals surface area contributed by atoms with Crippen molar-refractivity contribution in [2.45, 2.75) is 19.4 Å². The molecule has 0 radical (unpaired) electrons. The molecule has 0 bridgehead atoms. The number of rotatable bonds is 6. The minimum absolute atomic E-state index is 0.0549. The van der Waals surface area contributed by atoms with Crippen molar-refractivity contribution in [3.05, 3.63) is 46.0 Å². The molecular formula is C13H16N2O4. The van der Waals surface area contributed by atoms with Crippen LogP contribution >= 0.6 is 0 Å². The maximum absolute atomic E-state index is 11.5. The van der Waals surface area contributed by atoms with Gasteiger partial charge in [-0.15, -0.1) is 0 Å². The lowest BCUT2D eigenvalue weighted by Crippen LogP contribution is -2.35. The molecule has 1 amide bonds. The van der Waals surface area contributed by atoms with Crippen LogP contribution in [0.1, 0.15) is 18.9 Å². The molecule has 1 rings (SSSR count). The molecule has 2 N–H and O–H groups in total. The van der Waals surface area contributed by atoms with Gasteiger partial charge < -0.3 is 10.4 Å². The lowest BCUT2D eigenvalue weighted by molar-refractivity contribution is -0.385. The highest BCUT2D eigenvalue weighted by Crippen LogP contribution is 2.18. The van der Waals surface area contributed by atoms with E-state index in [-0.39, 0.29) is 24.2 Å². The minimum Gasteiger partial charge on any atom is -0.394 e.